The Labute approximate surface area is 201 Å². The molecule has 0 bridgehead atoms. The molecule has 0 aliphatic heterocycles. The van der Waals surface area contributed by atoms with Gasteiger partial charge in [-0.05, 0) is 59.9 Å². The lowest BCUT2D eigenvalue weighted by molar-refractivity contribution is -0.144. The summed E-state index contributed by atoms with van der Waals surface area (Å²) in [6.45, 7) is 0.826. The van der Waals surface area contributed by atoms with E-state index in [0.29, 0.717) is 5.56 Å². The molecule has 6 nitrogen and oxygen atoms in total. The first-order valence-electron chi connectivity index (χ1n) is 10.0. The predicted octanol–water partition coefficient (Wildman–Crippen LogP) is 4.66. The second-order valence-electron chi connectivity index (χ2n) is 7.66. The second-order valence-corrected chi connectivity index (χ2v) is 10.2. The lowest BCUT2D eigenvalue weighted by atomic mass is 10.0. The fourth-order valence-electron chi connectivity index (χ4n) is 3.64. The summed E-state index contributed by atoms with van der Waals surface area (Å²) in [6.07, 6.45) is 0.811. The number of benzene rings is 3. The summed E-state index contributed by atoms with van der Waals surface area (Å²) in [4.78, 5) is 24.8. The van der Waals surface area contributed by atoms with E-state index in [1.54, 1.807) is 12.1 Å². The van der Waals surface area contributed by atoms with Crippen molar-refractivity contribution in [3.8, 4) is 11.1 Å². The third-order valence-electron chi connectivity index (χ3n) is 5.35. The number of carbonyl (C=O) groups is 2. The number of hydrogen-bond donors (Lipinski definition) is 1. The maximum Gasteiger partial charge on any atom is 0.324 e. The van der Waals surface area contributed by atoms with E-state index in [4.69, 9.17) is 27.9 Å². The summed E-state index contributed by atoms with van der Waals surface area (Å²) in [7, 11) is -4.05. The van der Waals surface area contributed by atoms with Gasteiger partial charge >= 0.3 is 5.97 Å². The molecule has 1 atom stereocenters. The van der Waals surface area contributed by atoms with E-state index in [1.165, 1.54) is 30.7 Å². The predicted molar refractivity (Wildman–Crippen MR) is 126 cm³/mol. The van der Waals surface area contributed by atoms with E-state index in [2.05, 4.69) is 10.8 Å². The van der Waals surface area contributed by atoms with Gasteiger partial charge in [-0.2, -0.15) is 4.72 Å². The van der Waals surface area contributed by atoms with Crippen LogP contribution in [0.5, 0.6) is 0 Å². The molecule has 0 radical (unpaired) electrons. The van der Waals surface area contributed by atoms with E-state index in [9.17, 15) is 18.0 Å². The Kier molecular flexibility index (Phi) is 6.59. The van der Waals surface area contributed by atoms with Crippen LogP contribution in [0.15, 0.2) is 65.6 Å². The molecule has 0 saturated heterocycles. The van der Waals surface area contributed by atoms with Crippen molar-refractivity contribution < 1.29 is 22.7 Å². The number of sulfonamides is 1. The molecule has 170 valence electrons. The lowest BCUT2D eigenvalue weighted by Crippen LogP contribution is -2.40. The molecule has 1 unspecified atom stereocenters. The zero-order valence-electron chi connectivity index (χ0n) is 17.5. The Hall–Kier alpha value is -2.71. The van der Waals surface area contributed by atoms with Crippen molar-refractivity contribution in [3.05, 3.63) is 87.4 Å². The van der Waals surface area contributed by atoms with E-state index >= 15 is 0 Å². The molecular formula is C24H19Cl2NO5S. The molecule has 0 heterocycles. The van der Waals surface area contributed by atoms with Gasteiger partial charge in [-0.25, -0.2) is 8.42 Å². The van der Waals surface area contributed by atoms with Crippen molar-refractivity contribution in [2.45, 2.75) is 24.3 Å². The average Bonchev–Trinajstić information content (AvgIpc) is 3.16. The summed E-state index contributed by atoms with van der Waals surface area (Å²) in [6, 6.07) is 16.0. The van der Waals surface area contributed by atoms with E-state index in [-0.39, 0.29) is 20.7 Å². The van der Waals surface area contributed by atoms with Crippen molar-refractivity contribution in [1.29, 1.82) is 0 Å². The van der Waals surface area contributed by atoms with Crippen LogP contribution < -0.4 is 4.72 Å². The number of ether oxygens (including phenoxy) is 1. The third kappa shape index (κ3) is 4.96. The molecule has 9 heteroatoms. The minimum Gasteiger partial charge on any atom is -0.456 e. The summed E-state index contributed by atoms with van der Waals surface area (Å²) in [5.74, 6) is -1.26. The van der Waals surface area contributed by atoms with Crippen molar-refractivity contribution in [2.75, 3.05) is 6.61 Å². The number of Topliss-reactive ketones (excluding diaryl/α,β-unsaturated/α-hetero) is 1. The number of ketones is 1. The molecule has 1 aliphatic rings. The third-order valence-corrected chi connectivity index (χ3v) is 7.63. The molecule has 33 heavy (non-hydrogen) atoms. The smallest absolute Gasteiger partial charge is 0.324 e. The number of rotatable bonds is 7. The molecule has 3 aromatic carbocycles. The molecule has 1 N–H and O–H groups in total. The van der Waals surface area contributed by atoms with Gasteiger partial charge in [0.1, 0.15) is 6.04 Å². The molecule has 0 saturated carbocycles. The monoisotopic (exact) mass is 503 g/mol. The minimum absolute atomic E-state index is 0.0670. The van der Waals surface area contributed by atoms with Crippen molar-refractivity contribution >= 4 is 45.0 Å². The summed E-state index contributed by atoms with van der Waals surface area (Å²) < 4.78 is 32.3. The topological polar surface area (TPSA) is 89.5 Å². The van der Waals surface area contributed by atoms with Gasteiger partial charge in [0.15, 0.2) is 12.4 Å². The van der Waals surface area contributed by atoms with Gasteiger partial charge in [0.05, 0.1) is 14.9 Å². The first kappa shape index (κ1) is 23.4. The Morgan fingerprint density at radius 3 is 2.45 bits per heavy atom. The van der Waals surface area contributed by atoms with Crippen LogP contribution in [-0.2, 0) is 26.0 Å². The van der Waals surface area contributed by atoms with Crippen LogP contribution >= 0.6 is 23.2 Å². The lowest BCUT2D eigenvalue weighted by Gasteiger charge is -2.14. The van der Waals surface area contributed by atoms with E-state index in [1.807, 2.05) is 24.3 Å². The van der Waals surface area contributed by atoms with Crippen LogP contribution in [0.4, 0.5) is 0 Å². The Bertz CT molecular complexity index is 1370. The van der Waals surface area contributed by atoms with Crippen molar-refractivity contribution in [3.63, 3.8) is 0 Å². The van der Waals surface area contributed by atoms with Gasteiger partial charge in [-0.15, -0.1) is 0 Å². The quantitative estimate of drug-likeness (QED) is 0.292. The van der Waals surface area contributed by atoms with Gasteiger partial charge in [0.2, 0.25) is 10.0 Å². The van der Waals surface area contributed by atoms with Gasteiger partial charge in [0.25, 0.3) is 0 Å². The summed E-state index contributed by atoms with van der Waals surface area (Å²) in [5, 5.41) is 0.272. The SMILES string of the molecule is CC(NS(=O)(=O)c1ccc(Cl)c(Cl)c1)C(=O)OCC(=O)c1ccc2c(c1)-c1ccccc1C2. The highest BCUT2D eigenvalue weighted by molar-refractivity contribution is 7.89. The maximum absolute atomic E-state index is 12.6. The first-order chi connectivity index (χ1) is 15.7. The molecule has 0 amide bonds. The van der Waals surface area contributed by atoms with Crippen LogP contribution in [0, 0.1) is 0 Å². The highest BCUT2D eigenvalue weighted by Crippen LogP contribution is 2.36. The van der Waals surface area contributed by atoms with Crippen LogP contribution in [0.3, 0.4) is 0 Å². The Morgan fingerprint density at radius 1 is 0.970 bits per heavy atom. The van der Waals surface area contributed by atoms with Gasteiger partial charge in [0, 0.05) is 5.56 Å². The zero-order chi connectivity index (χ0) is 23.8. The molecule has 4 rings (SSSR count). The largest absolute Gasteiger partial charge is 0.456 e. The molecular weight excluding hydrogens is 485 g/mol. The summed E-state index contributed by atoms with van der Waals surface area (Å²) >= 11 is 11.7. The van der Waals surface area contributed by atoms with Crippen LogP contribution in [-0.4, -0.2) is 32.8 Å². The van der Waals surface area contributed by atoms with Crippen molar-refractivity contribution in [1.82, 2.24) is 4.72 Å². The first-order valence-corrected chi connectivity index (χ1v) is 12.3. The molecule has 0 spiro atoms. The number of esters is 1. The molecule has 3 aromatic rings. The van der Waals surface area contributed by atoms with E-state index < -0.39 is 28.6 Å². The van der Waals surface area contributed by atoms with Crippen LogP contribution in [0.25, 0.3) is 11.1 Å². The highest BCUT2D eigenvalue weighted by atomic mass is 35.5. The fourth-order valence-corrected chi connectivity index (χ4v) is 5.22. The Balaban J connectivity index is 1.39. The van der Waals surface area contributed by atoms with Gasteiger partial charge in [-0.3, -0.25) is 9.59 Å². The number of carbonyl (C=O) groups excluding carboxylic acids is 2. The van der Waals surface area contributed by atoms with Gasteiger partial charge < -0.3 is 4.74 Å². The fraction of sp³-hybridized carbons (Fsp3) is 0.167. The number of halogens is 2. The zero-order valence-corrected chi connectivity index (χ0v) is 19.8. The van der Waals surface area contributed by atoms with Gasteiger partial charge in [-0.1, -0.05) is 59.6 Å². The molecule has 0 fully saturated rings. The molecule has 0 aromatic heterocycles. The standard InChI is InChI=1S/C24H19Cl2NO5S/c1-14(27-33(30,31)18-8-9-21(25)22(26)12-18)24(29)32-13-23(28)17-7-6-16-10-15-4-2-3-5-19(15)20(16)11-17/h2-9,11-12,14,27H,10,13H2,1H3. The molecule has 1 aliphatic carbocycles. The Morgan fingerprint density at radius 2 is 1.70 bits per heavy atom. The number of fused-ring (bicyclic) bond motifs is 3. The second kappa shape index (κ2) is 9.27. The summed E-state index contributed by atoms with van der Waals surface area (Å²) in [5.41, 5.74) is 4.83. The van der Waals surface area contributed by atoms with Crippen molar-refractivity contribution in [2.24, 2.45) is 0 Å². The highest BCUT2D eigenvalue weighted by Gasteiger charge is 2.25. The van der Waals surface area contributed by atoms with Crippen LogP contribution in [0.2, 0.25) is 10.0 Å². The maximum atomic E-state index is 12.6. The van der Waals surface area contributed by atoms with E-state index in [0.717, 1.165) is 23.1 Å². The number of nitrogens with one attached hydrogen (secondary N) is 1. The number of hydrogen-bond acceptors (Lipinski definition) is 5. The minimum atomic E-state index is -4.05. The average molecular weight is 504 g/mol. The van der Waals surface area contributed by atoms with Crippen LogP contribution in [0.1, 0.15) is 28.4 Å². The normalized spacial score (nSPS) is 13.2.